The average Bonchev–Trinajstić information content (AvgIpc) is 3.97. The first kappa shape index (κ1) is 53.8. The Morgan fingerprint density at radius 3 is 2.27 bits per heavy atom. The minimum absolute atomic E-state index is 0.00629. The summed E-state index contributed by atoms with van der Waals surface area (Å²) in [5, 5.41) is 26.7. The van der Waals surface area contributed by atoms with Gasteiger partial charge in [-0.3, -0.25) is 24.1 Å². The molecule has 3 aliphatic heterocycles. The van der Waals surface area contributed by atoms with Crippen molar-refractivity contribution in [2.75, 3.05) is 50.8 Å². The highest BCUT2D eigenvalue weighted by Crippen LogP contribution is 2.55. The average molecular weight is 1040 g/mol. The smallest absolute Gasteiger partial charge is 0.253 e. The summed E-state index contributed by atoms with van der Waals surface area (Å²) >= 11 is 7.86. The van der Waals surface area contributed by atoms with E-state index in [-0.39, 0.29) is 66.6 Å². The number of rotatable bonds is 17. The van der Waals surface area contributed by atoms with Gasteiger partial charge in [-0.05, 0) is 67.5 Å². The molecule has 3 amide bonds. The second-order valence-corrected chi connectivity index (χ2v) is 24.2. The summed E-state index contributed by atoms with van der Waals surface area (Å²) in [6, 6.07) is 17.5. The molecule has 4 aliphatic rings. The van der Waals surface area contributed by atoms with Crippen LogP contribution >= 0.6 is 22.9 Å². The van der Waals surface area contributed by atoms with Gasteiger partial charge in [-0.25, -0.2) is 9.97 Å². The number of pyridine rings is 1. The van der Waals surface area contributed by atoms with Crippen molar-refractivity contribution < 1.29 is 33.8 Å². The Bertz CT molecular complexity index is 2690. The lowest BCUT2D eigenvalue weighted by Gasteiger charge is -2.63. The number of β-amino-alcohol motifs (C(OH)–C–C–N with tert-alkyl or cyclic N) is 1. The predicted octanol–water partition coefficient (Wildman–Crippen LogP) is 8.17. The molecule has 0 spiro atoms. The fourth-order valence-electron chi connectivity index (χ4n) is 11.9. The first-order valence-electron chi connectivity index (χ1n) is 25.5. The minimum Gasteiger partial charge on any atom is -0.489 e. The van der Waals surface area contributed by atoms with Crippen molar-refractivity contribution in [3.63, 3.8) is 0 Å². The molecule has 4 atom stereocenters. The maximum atomic E-state index is 14.4. The third kappa shape index (κ3) is 11.3. The van der Waals surface area contributed by atoms with Crippen molar-refractivity contribution in [3.8, 4) is 22.3 Å². The van der Waals surface area contributed by atoms with Gasteiger partial charge in [0.2, 0.25) is 11.8 Å². The number of anilines is 1. The van der Waals surface area contributed by atoms with Crippen molar-refractivity contribution in [1.82, 2.24) is 30.4 Å². The molecule has 3 N–H and O–H groups in total. The molecule has 1 aliphatic carbocycles. The zero-order valence-corrected chi connectivity index (χ0v) is 45.2. The number of benzene rings is 2. The van der Waals surface area contributed by atoms with Crippen molar-refractivity contribution in [2.24, 2.45) is 22.2 Å². The van der Waals surface area contributed by atoms with Gasteiger partial charge in [-0.1, -0.05) is 84.3 Å². The van der Waals surface area contributed by atoms with Crippen LogP contribution in [0.2, 0.25) is 5.02 Å². The maximum absolute atomic E-state index is 14.4. The molecule has 0 radical (unpaired) electrons. The topological polar surface area (TPSA) is 190 Å². The van der Waals surface area contributed by atoms with Crippen molar-refractivity contribution in [2.45, 2.75) is 130 Å². The van der Waals surface area contributed by atoms with E-state index in [0.29, 0.717) is 48.0 Å². The number of ether oxygens (including phenoxy) is 2. The summed E-state index contributed by atoms with van der Waals surface area (Å²) in [4.78, 5) is 71.9. The van der Waals surface area contributed by atoms with E-state index in [1.807, 2.05) is 76.5 Å². The molecule has 17 heteroatoms. The Kier molecular flexibility index (Phi) is 15.8. The van der Waals surface area contributed by atoms with Crippen LogP contribution in [0, 0.1) is 40.4 Å². The number of ketones is 1. The van der Waals surface area contributed by atoms with E-state index in [1.165, 1.54) is 4.90 Å². The number of Topliss-reactive ketones (excluding diaryl/α,β-unsaturated/α-hetero) is 1. The normalized spacial score (nSPS) is 23.0. The molecule has 15 nitrogen and oxygen atoms in total. The second-order valence-electron chi connectivity index (χ2n) is 22.9. The first-order chi connectivity index (χ1) is 34.5. The van der Waals surface area contributed by atoms with Crippen LogP contribution < -0.4 is 20.3 Å². The van der Waals surface area contributed by atoms with Gasteiger partial charge in [0.15, 0.2) is 0 Å². The number of nitrogens with zero attached hydrogens (tertiary/aromatic N) is 6. The van der Waals surface area contributed by atoms with Crippen LogP contribution in [0.25, 0.3) is 10.4 Å². The summed E-state index contributed by atoms with van der Waals surface area (Å²) in [7, 11) is 0. The lowest BCUT2D eigenvalue weighted by Crippen LogP contribution is -2.74. The highest BCUT2D eigenvalue weighted by molar-refractivity contribution is 7.13. The Morgan fingerprint density at radius 2 is 1.70 bits per heavy atom. The van der Waals surface area contributed by atoms with E-state index < -0.39 is 34.3 Å². The van der Waals surface area contributed by atoms with E-state index >= 15 is 0 Å². The largest absolute Gasteiger partial charge is 0.489 e. The van der Waals surface area contributed by atoms with Gasteiger partial charge in [-0.15, -0.1) is 11.3 Å². The molecule has 390 valence electrons. The standard InChI is InChI=1S/C56H71ClN8O7S/c1-34(36-12-14-37(15-13-36)47-35(2)60-33-73-47)61-49(69)45-26-41(67)30-65(45)50(70)43(53(3,4)5)25-40(66)11-10-20-56(31-71-32-56)64-23-21-63(22-24-64)46-19-17-39(29-59-46)48(68)62-51-54(6,7)52(55(51,8)9)72-42-18-16-38(28-58)44(57)27-42/h12-19,27,29,33-34,41,43,45,51-52,67H,10-11,20-26,30-32H2,1-9H3,(H,61,69)(H,62,68)/t34-,41+,43+,45?,51?,52?/m0/s1. The van der Waals surface area contributed by atoms with Gasteiger partial charge in [0.05, 0.1) is 63.1 Å². The van der Waals surface area contributed by atoms with E-state index in [2.05, 4.69) is 59.2 Å². The third-order valence-corrected chi connectivity index (χ3v) is 17.3. The van der Waals surface area contributed by atoms with Crippen LogP contribution in [0.4, 0.5) is 5.82 Å². The number of nitriles is 1. The quantitative estimate of drug-likeness (QED) is 0.0922. The number of piperazine rings is 1. The summed E-state index contributed by atoms with van der Waals surface area (Å²) < 4.78 is 12.2. The summed E-state index contributed by atoms with van der Waals surface area (Å²) in [6.07, 6.45) is 2.54. The molecular weight excluding hydrogens is 964 g/mol. The van der Waals surface area contributed by atoms with Crippen LogP contribution in [0.1, 0.15) is 121 Å². The third-order valence-electron chi connectivity index (χ3n) is 16.0. The molecule has 5 heterocycles. The number of likely N-dealkylation sites (tertiary alicyclic amines) is 1. The van der Waals surface area contributed by atoms with Gasteiger partial charge < -0.3 is 35.0 Å². The number of thiazole rings is 1. The van der Waals surface area contributed by atoms with Crippen molar-refractivity contribution >= 4 is 52.3 Å². The van der Waals surface area contributed by atoms with Crippen molar-refractivity contribution in [3.05, 3.63) is 93.7 Å². The highest BCUT2D eigenvalue weighted by atomic mass is 35.5. The molecule has 4 fully saturated rings. The van der Waals surface area contributed by atoms with Crippen molar-refractivity contribution in [1.29, 1.82) is 5.26 Å². The maximum Gasteiger partial charge on any atom is 0.253 e. The number of aryl methyl sites for hydroxylation is 1. The van der Waals surface area contributed by atoms with Gasteiger partial charge >= 0.3 is 0 Å². The van der Waals surface area contributed by atoms with Gasteiger partial charge in [0, 0.05) is 87.0 Å². The fourth-order valence-corrected chi connectivity index (χ4v) is 12.9. The van der Waals surface area contributed by atoms with Crippen LogP contribution in [-0.4, -0.2) is 124 Å². The Balaban J connectivity index is 0.799. The fraction of sp³-hybridized carbons (Fsp3) is 0.554. The van der Waals surface area contributed by atoms with E-state index in [9.17, 15) is 29.5 Å². The van der Waals surface area contributed by atoms with Crippen LogP contribution in [-0.2, 0) is 19.1 Å². The van der Waals surface area contributed by atoms with Crippen LogP contribution in [0.15, 0.2) is 66.3 Å². The lowest BCUT2D eigenvalue weighted by molar-refractivity contribution is -0.164. The summed E-state index contributed by atoms with van der Waals surface area (Å²) in [5.74, 6) is -0.0811. The Morgan fingerprint density at radius 1 is 1.00 bits per heavy atom. The van der Waals surface area contributed by atoms with E-state index in [1.54, 1.807) is 35.7 Å². The molecule has 3 saturated heterocycles. The predicted molar refractivity (Wildman–Crippen MR) is 282 cm³/mol. The zero-order valence-electron chi connectivity index (χ0n) is 43.7. The van der Waals surface area contributed by atoms with Gasteiger partial charge in [-0.2, -0.15) is 5.26 Å². The highest BCUT2D eigenvalue weighted by Gasteiger charge is 2.64. The van der Waals surface area contributed by atoms with Crippen LogP contribution in [0.3, 0.4) is 0 Å². The molecule has 73 heavy (non-hydrogen) atoms. The lowest BCUT2D eigenvalue weighted by atomic mass is 9.49. The molecule has 2 aromatic heterocycles. The molecular formula is C56H71ClN8O7S. The Labute approximate surface area is 439 Å². The van der Waals surface area contributed by atoms with Gasteiger partial charge in [0.1, 0.15) is 35.6 Å². The number of nitrogens with one attached hydrogen (secondary N) is 2. The molecule has 1 saturated carbocycles. The monoisotopic (exact) mass is 1030 g/mol. The molecule has 2 aromatic carbocycles. The molecule has 1 unspecified atom stereocenters. The number of carbonyl (C=O) groups excluding carboxylic acids is 4. The number of hydrogen-bond donors (Lipinski definition) is 3. The number of amides is 3. The molecule has 8 rings (SSSR count). The number of carbonyl (C=O) groups is 4. The molecule has 4 aromatic rings. The summed E-state index contributed by atoms with van der Waals surface area (Å²) in [6.45, 7) is 22.3. The summed E-state index contributed by atoms with van der Waals surface area (Å²) in [5.41, 5.74) is 4.11. The number of aromatic nitrogens is 2. The Hall–Kier alpha value is -5.44. The number of aliphatic hydroxyl groups is 1. The second kappa shape index (κ2) is 21.4. The van der Waals surface area contributed by atoms with Gasteiger partial charge in [0.25, 0.3) is 5.91 Å². The zero-order chi connectivity index (χ0) is 52.6. The van der Waals surface area contributed by atoms with E-state index in [4.69, 9.17) is 26.1 Å². The number of hydrogen-bond acceptors (Lipinski definition) is 13. The first-order valence-corrected chi connectivity index (χ1v) is 26.8. The minimum atomic E-state index is -0.845. The molecule has 0 bridgehead atoms. The van der Waals surface area contributed by atoms with E-state index in [0.717, 1.165) is 60.1 Å². The number of halogens is 1. The SMILES string of the molecule is Cc1ncsc1-c1ccc([C@H](C)NC(=O)C2C[C@@H](O)CN2C(=O)[C@@H](CC(=O)CCCC2(N3CCN(c4ccc(C(=O)NC5C(C)(C)C(Oc6ccc(C#N)c(Cl)c6)C5(C)C)cn4)CC3)COC2)C(C)(C)C)cc1. The number of aliphatic hydroxyl groups excluding tert-OH is 1. The van der Waals surface area contributed by atoms with Crippen LogP contribution in [0.5, 0.6) is 5.75 Å².